The lowest BCUT2D eigenvalue weighted by Crippen LogP contribution is -2.13. The second kappa shape index (κ2) is 6.28. The molecule has 0 bridgehead atoms. The Labute approximate surface area is 134 Å². The summed E-state index contributed by atoms with van der Waals surface area (Å²) in [6, 6.07) is 9.39. The molecule has 4 nitrogen and oxygen atoms in total. The normalized spacial score (nSPS) is 10.2. The molecule has 2 aromatic rings. The van der Waals surface area contributed by atoms with E-state index < -0.39 is 5.97 Å². The van der Waals surface area contributed by atoms with Gasteiger partial charge in [0.1, 0.15) is 0 Å². The summed E-state index contributed by atoms with van der Waals surface area (Å²) in [5.74, 6) is -1.38. The molecule has 108 valence electrons. The molecule has 2 N–H and O–H groups in total. The third-order valence-corrected chi connectivity index (χ3v) is 4.13. The number of benzene rings is 2. The maximum Gasteiger partial charge on any atom is 0.335 e. The fourth-order valence-corrected chi connectivity index (χ4v) is 2.22. The van der Waals surface area contributed by atoms with Crippen molar-refractivity contribution >= 4 is 45.1 Å². The Morgan fingerprint density at radius 3 is 2.43 bits per heavy atom. The van der Waals surface area contributed by atoms with Crippen molar-refractivity contribution in [1.82, 2.24) is 0 Å². The standard InChI is InChI=1S/C15H11BrClNO3/c1-8-2-3-10(15(20)21)7-13(8)18-14(19)9-4-5-12(17)11(16)6-9/h2-7H,1H3,(H,18,19)(H,20,21). The highest BCUT2D eigenvalue weighted by Gasteiger charge is 2.11. The van der Waals surface area contributed by atoms with Crippen molar-refractivity contribution in [1.29, 1.82) is 0 Å². The van der Waals surface area contributed by atoms with Crippen molar-refractivity contribution in [2.24, 2.45) is 0 Å². The lowest BCUT2D eigenvalue weighted by atomic mass is 10.1. The molecule has 0 aliphatic carbocycles. The number of anilines is 1. The van der Waals surface area contributed by atoms with E-state index in [0.29, 0.717) is 20.7 Å². The summed E-state index contributed by atoms with van der Waals surface area (Å²) in [6.07, 6.45) is 0. The minimum Gasteiger partial charge on any atom is -0.478 e. The Kier molecular flexibility index (Phi) is 4.65. The molecule has 0 spiro atoms. The van der Waals surface area contributed by atoms with Crippen LogP contribution >= 0.6 is 27.5 Å². The summed E-state index contributed by atoms with van der Waals surface area (Å²) >= 11 is 9.14. The van der Waals surface area contributed by atoms with Gasteiger partial charge in [0.15, 0.2) is 0 Å². The predicted octanol–water partition coefficient (Wildman–Crippen LogP) is 4.36. The number of aryl methyl sites for hydroxylation is 1. The first-order valence-electron chi connectivity index (χ1n) is 5.99. The van der Waals surface area contributed by atoms with Gasteiger partial charge in [0.2, 0.25) is 0 Å². The van der Waals surface area contributed by atoms with Gasteiger partial charge in [0.25, 0.3) is 5.91 Å². The summed E-state index contributed by atoms with van der Waals surface area (Å²) in [7, 11) is 0. The van der Waals surface area contributed by atoms with Gasteiger partial charge in [-0.2, -0.15) is 0 Å². The van der Waals surface area contributed by atoms with E-state index in [2.05, 4.69) is 21.2 Å². The number of hydrogen-bond donors (Lipinski definition) is 2. The van der Waals surface area contributed by atoms with Crippen LogP contribution in [-0.2, 0) is 0 Å². The van der Waals surface area contributed by atoms with Crippen molar-refractivity contribution in [2.45, 2.75) is 6.92 Å². The number of rotatable bonds is 3. The summed E-state index contributed by atoms with van der Waals surface area (Å²) < 4.78 is 0.618. The lowest BCUT2D eigenvalue weighted by molar-refractivity contribution is 0.0696. The molecule has 0 heterocycles. The summed E-state index contributed by atoms with van der Waals surface area (Å²) in [6.45, 7) is 1.79. The van der Waals surface area contributed by atoms with Gasteiger partial charge in [0, 0.05) is 15.7 Å². The van der Waals surface area contributed by atoms with Crippen LogP contribution in [0, 0.1) is 6.92 Å². The molecular weight excluding hydrogens is 358 g/mol. The first kappa shape index (κ1) is 15.5. The molecule has 0 saturated heterocycles. The molecule has 0 atom stereocenters. The maximum absolute atomic E-state index is 12.2. The highest BCUT2D eigenvalue weighted by atomic mass is 79.9. The zero-order chi connectivity index (χ0) is 15.6. The predicted molar refractivity (Wildman–Crippen MR) is 85.2 cm³/mol. The molecule has 21 heavy (non-hydrogen) atoms. The molecule has 0 radical (unpaired) electrons. The average Bonchev–Trinajstić information content (AvgIpc) is 2.43. The Morgan fingerprint density at radius 1 is 1.14 bits per heavy atom. The van der Waals surface area contributed by atoms with E-state index in [4.69, 9.17) is 16.7 Å². The molecule has 0 unspecified atom stereocenters. The van der Waals surface area contributed by atoms with Gasteiger partial charge in [-0.15, -0.1) is 0 Å². The second-order valence-corrected chi connectivity index (χ2v) is 5.68. The number of carbonyl (C=O) groups excluding carboxylic acids is 1. The van der Waals surface area contributed by atoms with Crippen LogP contribution < -0.4 is 5.32 Å². The largest absolute Gasteiger partial charge is 0.478 e. The smallest absolute Gasteiger partial charge is 0.335 e. The van der Waals surface area contributed by atoms with E-state index in [1.165, 1.54) is 12.1 Å². The van der Waals surface area contributed by atoms with Crippen molar-refractivity contribution in [2.75, 3.05) is 5.32 Å². The third-order valence-electron chi connectivity index (χ3n) is 2.91. The van der Waals surface area contributed by atoms with Crippen LogP contribution in [0.15, 0.2) is 40.9 Å². The third kappa shape index (κ3) is 3.62. The molecule has 0 aliphatic rings. The Bertz CT molecular complexity index is 731. The highest BCUT2D eigenvalue weighted by Crippen LogP contribution is 2.24. The van der Waals surface area contributed by atoms with Crippen LogP contribution in [0.25, 0.3) is 0 Å². The number of carboxylic acid groups (broad SMARTS) is 1. The van der Waals surface area contributed by atoms with Crippen molar-refractivity contribution in [3.8, 4) is 0 Å². The SMILES string of the molecule is Cc1ccc(C(=O)O)cc1NC(=O)c1ccc(Cl)c(Br)c1. The molecule has 1 amide bonds. The van der Waals surface area contributed by atoms with E-state index in [0.717, 1.165) is 5.56 Å². The molecular formula is C15H11BrClNO3. The number of amides is 1. The van der Waals surface area contributed by atoms with Crippen molar-refractivity contribution < 1.29 is 14.7 Å². The Balaban J connectivity index is 2.28. The van der Waals surface area contributed by atoms with Crippen molar-refractivity contribution in [3.05, 3.63) is 62.6 Å². The minimum atomic E-state index is -1.04. The first-order valence-corrected chi connectivity index (χ1v) is 7.16. The van der Waals surface area contributed by atoms with Gasteiger partial charge in [0.05, 0.1) is 10.6 Å². The topological polar surface area (TPSA) is 66.4 Å². The van der Waals surface area contributed by atoms with E-state index >= 15 is 0 Å². The molecule has 0 fully saturated rings. The van der Waals surface area contributed by atoms with Gasteiger partial charge in [-0.05, 0) is 58.7 Å². The quantitative estimate of drug-likeness (QED) is 0.846. The fraction of sp³-hybridized carbons (Fsp3) is 0.0667. The second-order valence-electron chi connectivity index (χ2n) is 4.42. The summed E-state index contributed by atoms with van der Waals surface area (Å²) in [4.78, 5) is 23.2. The first-order chi connectivity index (χ1) is 9.88. The van der Waals surface area contributed by atoms with Crippen LogP contribution in [0.1, 0.15) is 26.3 Å². The van der Waals surface area contributed by atoms with E-state index in [1.54, 1.807) is 31.2 Å². The van der Waals surface area contributed by atoms with Gasteiger partial charge < -0.3 is 10.4 Å². The van der Waals surface area contributed by atoms with Crippen LogP contribution in [0.5, 0.6) is 0 Å². The van der Waals surface area contributed by atoms with Gasteiger partial charge in [-0.25, -0.2) is 4.79 Å². The number of carboxylic acids is 1. The Hall–Kier alpha value is -1.85. The van der Waals surface area contributed by atoms with Crippen LogP contribution in [0.3, 0.4) is 0 Å². The zero-order valence-electron chi connectivity index (χ0n) is 11.0. The minimum absolute atomic E-state index is 0.119. The van der Waals surface area contributed by atoms with Gasteiger partial charge in [-0.3, -0.25) is 4.79 Å². The maximum atomic E-state index is 12.2. The van der Waals surface area contributed by atoms with Crippen LogP contribution in [0.2, 0.25) is 5.02 Å². The highest BCUT2D eigenvalue weighted by molar-refractivity contribution is 9.10. The molecule has 2 rings (SSSR count). The molecule has 0 saturated carbocycles. The number of aromatic carboxylic acids is 1. The number of hydrogen-bond acceptors (Lipinski definition) is 2. The summed E-state index contributed by atoms with van der Waals surface area (Å²) in [5.41, 5.74) is 1.78. The fourth-order valence-electron chi connectivity index (χ4n) is 1.72. The van der Waals surface area contributed by atoms with Crippen LogP contribution in [-0.4, -0.2) is 17.0 Å². The van der Waals surface area contributed by atoms with Gasteiger partial charge in [-0.1, -0.05) is 17.7 Å². The van der Waals surface area contributed by atoms with Crippen LogP contribution in [0.4, 0.5) is 5.69 Å². The monoisotopic (exact) mass is 367 g/mol. The van der Waals surface area contributed by atoms with Crippen molar-refractivity contribution in [3.63, 3.8) is 0 Å². The number of nitrogens with one attached hydrogen (secondary N) is 1. The summed E-state index contributed by atoms with van der Waals surface area (Å²) in [5, 5.41) is 12.2. The lowest BCUT2D eigenvalue weighted by Gasteiger charge is -2.10. The van der Waals surface area contributed by atoms with E-state index in [-0.39, 0.29) is 11.5 Å². The average molecular weight is 369 g/mol. The molecule has 2 aromatic carbocycles. The molecule has 0 aromatic heterocycles. The van der Waals surface area contributed by atoms with Gasteiger partial charge >= 0.3 is 5.97 Å². The number of halogens is 2. The molecule has 0 aliphatic heterocycles. The molecule has 6 heteroatoms. The van der Waals surface area contributed by atoms with E-state index in [9.17, 15) is 9.59 Å². The van der Waals surface area contributed by atoms with E-state index in [1.807, 2.05) is 0 Å². The number of carbonyl (C=O) groups is 2. The zero-order valence-corrected chi connectivity index (χ0v) is 13.3. The Morgan fingerprint density at radius 2 is 1.81 bits per heavy atom.